The highest BCUT2D eigenvalue weighted by Gasteiger charge is 2.35. The molecule has 1 fully saturated rings. The quantitative estimate of drug-likeness (QED) is 0.684. The fourth-order valence-corrected chi connectivity index (χ4v) is 3.73. The van der Waals surface area contributed by atoms with Crippen LogP contribution in [0.2, 0.25) is 0 Å². The van der Waals surface area contributed by atoms with Crippen molar-refractivity contribution in [3.63, 3.8) is 0 Å². The van der Waals surface area contributed by atoms with E-state index in [4.69, 9.17) is 5.11 Å². The number of benzene rings is 1. The summed E-state index contributed by atoms with van der Waals surface area (Å²) in [5, 5.41) is 11.6. The summed E-state index contributed by atoms with van der Waals surface area (Å²) >= 11 is 0. The number of rotatable bonds is 7. The first-order valence-electron chi connectivity index (χ1n) is 7.89. The molecule has 0 heterocycles. The number of sulfonamides is 1. The molecule has 0 aliphatic heterocycles. The van der Waals surface area contributed by atoms with E-state index >= 15 is 0 Å². The zero-order valence-electron chi connectivity index (χ0n) is 13.7. The molecule has 1 aliphatic carbocycles. The van der Waals surface area contributed by atoms with Gasteiger partial charge in [0.15, 0.2) is 0 Å². The van der Waals surface area contributed by atoms with E-state index in [1.807, 2.05) is 6.92 Å². The predicted molar refractivity (Wildman–Crippen MR) is 88.1 cm³/mol. The van der Waals surface area contributed by atoms with Gasteiger partial charge < -0.3 is 10.4 Å². The highest BCUT2D eigenvalue weighted by Crippen LogP contribution is 2.27. The number of carbonyl (C=O) groups is 2. The minimum Gasteiger partial charge on any atom is -0.481 e. The van der Waals surface area contributed by atoms with Crippen LogP contribution in [0.4, 0.5) is 0 Å². The minimum absolute atomic E-state index is 0.105. The Balaban J connectivity index is 1.97. The van der Waals surface area contributed by atoms with Gasteiger partial charge in [-0.2, -0.15) is 0 Å². The number of carbonyl (C=O) groups excluding carboxylic acids is 1. The van der Waals surface area contributed by atoms with Crippen LogP contribution in [0.1, 0.15) is 43.5 Å². The summed E-state index contributed by atoms with van der Waals surface area (Å²) in [6, 6.07) is 5.37. The van der Waals surface area contributed by atoms with Gasteiger partial charge in [0, 0.05) is 17.6 Å². The van der Waals surface area contributed by atoms with E-state index in [1.54, 1.807) is 6.92 Å². The fraction of sp³-hybridized carbons (Fsp3) is 0.500. The minimum atomic E-state index is -3.59. The zero-order chi connectivity index (χ0) is 17.9. The number of amides is 1. The number of carboxylic acids is 1. The van der Waals surface area contributed by atoms with Crippen LogP contribution in [0.3, 0.4) is 0 Å². The van der Waals surface area contributed by atoms with Crippen LogP contribution < -0.4 is 10.0 Å². The first-order valence-corrected chi connectivity index (χ1v) is 9.37. The molecule has 0 bridgehead atoms. The maximum absolute atomic E-state index is 12.1. The molecule has 8 heteroatoms. The standard InChI is InChI=1S/C16H22N2O5S/c1-3-10(2)18-24(22,23)14-6-4-11(5-7-14)15(19)17-13-8-12(9-13)16(20)21/h4-7,10,12-13,18H,3,8-9H2,1-2H3,(H,17,19)(H,20,21). The Morgan fingerprint density at radius 1 is 1.25 bits per heavy atom. The third-order valence-corrected chi connectivity index (χ3v) is 5.82. The summed E-state index contributed by atoms with van der Waals surface area (Å²) in [7, 11) is -3.59. The normalized spacial score (nSPS) is 21.6. The third kappa shape index (κ3) is 4.33. The van der Waals surface area contributed by atoms with Crippen molar-refractivity contribution in [2.45, 2.75) is 50.1 Å². The highest BCUT2D eigenvalue weighted by atomic mass is 32.2. The third-order valence-electron chi connectivity index (χ3n) is 4.22. The van der Waals surface area contributed by atoms with E-state index in [0.717, 1.165) is 0 Å². The lowest BCUT2D eigenvalue weighted by molar-refractivity contribution is -0.145. The molecule has 24 heavy (non-hydrogen) atoms. The molecule has 0 saturated heterocycles. The van der Waals surface area contributed by atoms with Crippen molar-refractivity contribution in [2.75, 3.05) is 0 Å². The Morgan fingerprint density at radius 3 is 2.33 bits per heavy atom. The summed E-state index contributed by atoms with van der Waals surface area (Å²) in [6.07, 6.45) is 1.52. The van der Waals surface area contributed by atoms with Gasteiger partial charge in [-0.3, -0.25) is 9.59 Å². The molecule has 0 aromatic heterocycles. The van der Waals surface area contributed by atoms with Crippen LogP contribution in [0.25, 0.3) is 0 Å². The van der Waals surface area contributed by atoms with E-state index in [1.165, 1.54) is 24.3 Å². The second-order valence-corrected chi connectivity index (χ2v) is 7.85. The Labute approximate surface area is 141 Å². The van der Waals surface area contributed by atoms with E-state index in [9.17, 15) is 18.0 Å². The van der Waals surface area contributed by atoms with Crippen LogP contribution in [0, 0.1) is 5.92 Å². The van der Waals surface area contributed by atoms with E-state index in [-0.39, 0.29) is 22.9 Å². The van der Waals surface area contributed by atoms with Crippen molar-refractivity contribution in [2.24, 2.45) is 5.92 Å². The van der Waals surface area contributed by atoms with Gasteiger partial charge in [-0.05, 0) is 50.5 Å². The van der Waals surface area contributed by atoms with E-state index in [2.05, 4.69) is 10.0 Å². The summed E-state index contributed by atoms with van der Waals surface area (Å²) in [5.41, 5.74) is 0.344. The molecular formula is C16H22N2O5S. The van der Waals surface area contributed by atoms with Gasteiger partial charge in [0.2, 0.25) is 10.0 Å². The number of aliphatic carboxylic acids is 1. The average molecular weight is 354 g/mol. The average Bonchev–Trinajstić information content (AvgIpc) is 2.49. The van der Waals surface area contributed by atoms with Crippen LogP contribution in [0.5, 0.6) is 0 Å². The van der Waals surface area contributed by atoms with Gasteiger partial charge in [-0.15, -0.1) is 0 Å². The van der Waals surface area contributed by atoms with Crippen LogP contribution in [0.15, 0.2) is 29.2 Å². The molecule has 0 radical (unpaired) electrons. The number of carboxylic acid groups (broad SMARTS) is 1. The fourth-order valence-electron chi connectivity index (χ4n) is 2.41. The first-order chi connectivity index (χ1) is 11.2. The molecule has 1 amide bonds. The van der Waals surface area contributed by atoms with Gasteiger partial charge in [0.05, 0.1) is 10.8 Å². The largest absolute Gasteiger partial charge is 0.481 e. The lowest BCUT2D eigenvalue weighted by atomic mass is 9.80. The van der Waals surface area contributed by atoms with E-state index in [0.29, 0.717) is 24.8 Å². The smallest absolute Gasteiger partial charge is 0.306 e. The van der Waals surface area contributed by atoms with Crippen molar-refractivity contribution in [3.05, 3.63) is 29.8 Å². The van der Waals surface area contributed by atoms with Crippen molar-refractivity contribution < 1.29 is 23.1 Å². The number of hydrogen-bond donors (Lipinski definition) is 3. The molecular weight excluding hydrogens is 332 g/mol. The monoisotopic (exact) mass is 354 g/mol. The van der Waals surface area contributed by atoms with Crippen molar-refractivity contribution >= 4 is 21.9 Å². The second kappa shape index (κ2) is 7.31. The maximum Gasteiger partial charge on any atom is 0.306 e. The van der Waals surface area contributed by atoms with Gasteiger partial charge in [0.1, 0.15) is 0 Å². The van der Waals surface area contributed by atoms with Gasteiger partial charge in [-0.25, -0.2) is 13.1 Å². The summed E-state index contributed by atoms with van der Waals surface area (Å²) < 4.78 is 26.8. The summed E-state index contributed by atoms with van der Waals surface area (Å²) in [5.74, 6) is -1.57. The number of hydrogen-bond acceptors (Lipinski definition) is 4. The van der Waals surface area contributed by atoms with E-state index < -0.39 is 21.9 Å². The predicted octanol–water partition coefficient (Wildman–Crippen LogP) is 1.36. The first kappa shape index (κ1) is 18.4. The zero-order valence-corrected chi connectivity index (χ0v) is 14.5. The molecule has 3 N–H and O–H groups in total. The highest BCUT2D eigenvalue weighted by molar-refractivity contribution is 7.89. The molecule has 1 unspecified atom stereocenters. The van der Waals surface area contributed by atoms with Crippen molar-refractivity contribution in [3.8, 4) is 0 Å². The Hall–Kier alpha value is -1.93. The lowest BCUT2D eigenvalue weighted by Gasteiger charge is -2.32. The molecule has 1 aromatic carbocycles. The maximum atomic E-state index is 12.1. The summed E-state index contributed by atoms with van der Waals surface area (Å²) in [6.45, 7) is 3.67. The van der Waals surface area contributed by atoms with Crippen LogP contribution in [-0.2, 0) is 14.8 Å². The van der Waals surface area contributed by atoms with Gasteiger partial charge in [-0.1, -0.05) is 6.92 Å². The molecule has 2 rings (SSSR count). The van der Waals surface area contributed by atoms with Crippen molar-refractivity contribution in [1.82, 2.24) is 10.0 Å². The molecule has 0 spiro atoms. The van der Waals surface area contributed by atoms with Gasteiger partial charge >= 0.3 is 5.97 Å². The molecule has 132 valence electrons. The second-order valence-electron chi connectivity index (χ2n) is 6.13. The Morgan fingerprint density at radius 2 is 1.83 bits per heavy atom. The van der Waals surface area contributed by atoms with Crippen LogP contribution in [-0.4, -0.2) is 37.5 Å². The molecule has 1 saturated carbocycles. The topological polar surface area (TPSA) is 113 Å². The Kier molecular flexibility index (Phi) is 5.61. The molecule has 7 nitrogen and oxygen atoms in total. The molecule has 1 aromatic rings. The van der Waals surface area contributed by atoms with Crippen LogP contribution >= 0.6 is 0 Å². The van der Waals surface area contributed by atoms with Crippen molar-refractivity contribution in [1.29, 1.82) is 0 Å². The summed E-state index contributed by atoms with van der Waals surface area (Å²) in [4.78, 5) is 22.9. The lowest BCUT2D eigenvalue weighted by Crippen LogP contribution is -2.46. The molecule has 1 atom stereocenters. The van der Waals surface area contributed by atoms with Gasteiger partial charge in [0.25, 0.3) is 5.91 Å². The Bertz CT molecular complexity index is 708. The number of nitrogens with one attached hydrogen (secondary N) is 2. The molecule has 1 aliphatic rings. The SMILES string of the molecule is CCC(C)NS(=O)(=O)c1ccc(C(=O)NC2CC(C(=O)O)C2)cc1.